The van der Waals surface area contributed by atoms with Gasteiger partial charge in [-0.15, -0.1) is 5.10 Å². The van der Waals surface area contributed by atoms with Crippen LogP contribution in [0.25, 0.3) is 5.78 Å². The van der Waals surface area contributed by atoms with Gasteiger partial charge in [-0.25, -0.2) is 17.9 Å². The molecule has 0 aliphatic rings. The summed E-state index contributed by atoms with van der Waals surface area (Å²) in [7, 11) is -4.00. The summed E-state index contributed by atoms with van der Waals surface area (Å²) in [5.74, 6) is -1.29. The fourth-order valence-corrected chi connectivity index (χ4v) is 3.35. The third-order valence-corrected chi connectivity index (χ3v) is 4.95. The van der Waals surface area contributed by atoms with Crippen LogP contribution in [0.2, 0.25) is 5.02 Å². The second kappa shape index (κ2) is 6.41. The molecule has 25 heavy (non-hydrogen) atoms. The third kappa shape index (κ3) is 3.77. The highest BCUT2D eigenvalue weighted by atomic mass is 35.5. The normalized spacial score (nSPS) is 11.6. The zero-order valence-electron chi connectivity index (χ0n) is 13.4. The summed E-state index contributed by atoms with van der Waals surface area (Å²) in [6.45, 7) is 3.54. The number of fused-ring (bicyclic) bond motifs is 1. The Morgan fingerprint density at radius 3 is 2.56 bits per heavy atom. The molecule has 0 fully saturated rings. The molecular weight excluding hydrogens is 366 g/mol. The molecule has 0 spiro atoms. The van der Waals surface area contributed by atoms with Gasteiger partial charge in [-0.2, -0.15) is 4.98 Å². The number of anilines is 1. The van der Waals surface area contributed by atoms with Gasteiger partial charge in [0.15, 0.2) is 0 Å². The molecule has 2 heterocycles. The van der Waals surface area contributed by atoms with Crippen molar-refractivity contribution in [1.29, 1.82) is 0 Å². The van der Waals surface area contributed by atoms with Crippen molar-refractivity contribution in [3.63, 3.8) is 0 Å². The van der Waals surface area contributed by atoms with E-state index in [2.05, 4.69) is 20.4 Å². The van der Waals surface area contributed by atoms with E-state index in [9.17, 15) is 13.2 Å². The van der Waals surface area contributed by atoms with Gasteiger partial charge in [0.1, 0.15) is 5.75 Å². The monoisotopic (exact) mass is 379 g/mol. The van der Waals surface area contributed by atoms with Gasteiger partial charge >= 0.3 is 0 Å². The number of carbonyl (C=O) groups is 1. The lowest BCUT2D eigenvalue weighted by Gasteiger charge is -2.04. The summed E-state index contributed by atoms with van der Waals surface area (Å²) in [5.41, 5.74) is 1.84. The van der Waals surface area contributed by atoms with E-state index in [1.165, 1.54) is 4.52 Å². The number of hydrogen-bond acceptors (Lipinski definition) is 6. The zero-order chi connectivity index (χ0) is 18.2. The van der Waals surface area contributed by atoms with Crippen molar-refractivity contribution in [3.8, 4) is 0 Å². The number of halogens is 1. The molecule has 0 atom stereocenters. The van der Waals surface area contributed by atoms with E-state index in [4.69, 9.17) is 11.6 Å². The highest BCUT2D eigenvalue weighted by molar-refractivity contribution is 7.92. The van der Waals surface area contributed by atoms with Crippen LogP contribution in [-0.4, -0.2) is 39.7 Å². The van der Waals surface area contributed by atoms with Crippen LogP contribution < -0.4 is 5.32 Å². The van der Waals surface area contributed by atoms with Crippen LogP contribution in [0.1, 0.15) is 11.4 Å². The first-order valence-electron chi connectivity index (χ1n) is 7.24. The molecule has 10 heteroatoms. The Balaban J connectivity index is 1.82. The lowest BCUT2D eigenvalue weighted by Crippen LogP contribution is -2.23. The topological polar surface area (TPSA) is 106 Å². The van der Waals surface area contributed by atoms with Gasteiger partial charge in [-0.3, -0.25) is 4.79 Å². The van der Waals surface area contributed by atoms with Crippen molar-refractivity contribution in [3.05, 3.63) is 46.7 Å². The number of aryl methyl sites for hydroxylation is 2. The van der Waals surface area contributed by atoms with Gasteiger partial charge < -0.3 is 5.32 Å². The van der Waals surface area contributed by atoms with Crippen molar-refractivity contribution >= 4 is 38.8 Å². The second-order valence-electron chi connectivity index (χ2n) is 5.46. The Labute approximate surface area is 148 Å². The minimum Gasteiger partial charge on any atom is -0.325 e. The lowest BCUT2D eigenvalue weighted by atomic mass is 10.3. The van der Waals surface area contributed by atoms with Crippen molar-refractivity contribution < 1.29 is 13.2 Å². The summed E-state index contributed by atoms with van der Waals surface area (Å²) >= 11 is 5.76. The number of amides is 1. The van der Waals surface area contributed by atoms with Crippen LogP contribution in [0.5, 0.6) is 0 Å². The number of carbonyl (C=O) groups excluding carboxylic acids is 1. The van der Waals surface area contributed by atoms with Gasteiger partial charge in [0.25, 0.3) is 10.9 Å². The molecule has 0 saturated carbocycles. The van der Waals surface area contributed by atoms with E-state index in [0.717, 1.165) is 0 Å². The fourth-order valence-electron chi connectivity index (χ4n) is 2.25. The molecule has 0 radical (unpaired) electrons. The molecule has 3 aromatic rings. The van der Waals surface area contributed by atoms with E-state index in [1.807, 2.05) is 0 Å². The van der Waals surface area contributed by atoms with Crippen molar-refractivity contribution in [2.45, 2.75) is 19.0 Å². The number of hydrogen-bond donors (Lipinski definition) is 1. The van der Waals surface area contributed by atoms with Crippen LogP contribution in [0.3, 0.4) is 0 Å². The highest BCUT2D eigenvalue weighted by Crippen LogP contribution is 2.14. The van der Waals surface area contributed by atoms with Gasteiger partial charge in [-0.1, -0.05) is 11.6 Å². The molecule has 1 aromatic carbocycles. The predicted octanol–water partition coefficient (Wildman–Crippen LogP) is 1.81. The third-order valence-electron chi connectivity index (χ3n) is 3.33. The van der Waals surface area contributed by atoms with Gasteiger partial charge in [0.05, 0.1) is 0 Å². The first-order chi connectivity index (χ1) is 11.7. The Bertz CT molecular complexity index is 1060. The zero-order valence-corrected chi connectivity index (χ0v) is 15.0. The van der Waals surface area contributed by atoms with E-state index in [1.54, 1.807) is 44.2 Å². The SMILES string of the molecule is Cc1cc(C)n2nc(S(=O)(=O)CC(=O)Nc3ccc(Cl)cc3)nc2n1. The fraction of sp³-hybridized carbons (Fsp3) is 0.200. The largest absolute Gasteiger partial charge is 0.325 e. The molecule has 1 amide bonds. The molecule has 0 aliphatic carbocycles. The first kappa shape index (κ1) is 17.3. The summed E-state index contributed by atoms with van der Waals surface area (Å²) in [5, 5.41) is 6.53. The predicted molar refractivity (Wildman–Crippen MR) is 92.4 cm³/mol. The Hall–Kier alpha value is -2.52. The molecule has 0 aliphatic heterocycles. The number of benzene rings is 1. The minimum atomic E-state index is -4.00. The molecule has 8 nitrogen and oxygen atoms in total. The summed E-state index contributed by atoms with van der Waals surface area (Å²) < 4.78 is 26.1. The molecule has 1 N–H and O–H groups in total. The second-order valence-corrected chi connectivity index (χ2v) is 7.78. The molecule has 3 rings (SSSR count). The first-order valence-corrected chi connectivity index (χ1v) is 9.27. The molecular formula is C15H14ClN5O3S. The van der Waals surface area contributed by atoms with E-state index < -0.39 is 26.7 Å². The van der Waals surface area contributed by atoms with Crippen LogP contribution in [0.15, 0.2) is 35.5 Å². The van der Waals surface area contributed by atoms with Crippen molar-refractivity contribution in [1.82, 2.24) is 19.6 Å². The van der Waals surface area contributed by atoms with E-state index in [0.29, 0.717) is 22.1 Å². The van der Waals surface area contributed by atoms with Crippen molar-refractivity contribution in [2.24, 2.45) is 0 Å². The lowest BCUT2D eigenvalue weighted by molar-refractivity contribution is -0.113. The Morgan fingerprint density at radius 1 is 1.20 bits per heavy atom. The molecule has 130 valence electrons. The Kier molecular flexibility index (Phi) is 4.44. The molecule has 0 unspecified atom stereocenters. The molecule has 2 aromatic heterocycles. The van der Waals surface area contributed by atoms with E-state index >= 15 is 0 Å². The van der Waals surface area contributed by atoms with Gasteiger partial charge in [0, 0.05) is 22.1 Å². The number of rotatable bonds is 4. The quantitative estimate of drug-likeness (QED) is 0.740. The maximum atomic E-state index is 12.4. The number of aromatic nitrogens is 4. The summed E-state index contributed by atoms with van der Waals surface area (Å²) in [6.07, 6.45) is 0. The molecule has 0 saturated heterocycles. The maximum absolute atomic E-state index is 12.4. The maximum Gasteiger partial charge on any atom is 0.269 e. The summed E-state index contributed by atoms with van der Waals surface area (Å²) in [6, 6.07) is 8.09. The number of nitrogens with zero attached hydrogens (tertiary/aromatic N) is 4. The summed E-state index contributed by atoms with van der Waals surface area (Å²) in [4.78, 5) is 20.1. The van der Waals surface area contributed by atoms with Gasteiger partial charge in [0.2, 0.25) is 15.7 Å². The average Bonchev–Trinajstić information content (AvgIpc) is 2.94. The van der Waals surface area contributed by atoms with Gasteiger partial charge in [-0.05, 0) is 44.2 Å². The smallest absolute Gasteiger partial charge is 0.269 e. The minimum absolute atomic E-state index is 0.175. The standard InChI is InChI=1S/C15H14ClN5O3S/c1-9-7-10(2)21-14(17-9)19-15(20-21)25(23,24)8-13(22)18-12-5-3-11(16)4-6-12/h3-7H,8H2,1-2H3,(H,18,22). The molecule has 0 bridgehead atoms. The van der Waals surface area contributed by atoms with Crippen LogP contribution in [0, 0.1) is 13.8 Å². The van der Waals surface area contributed by atoms with E-state index in [-0.39, 0.29) is 5.78 Å². The average molecular weight is 380 g/mol. The highest BCUT2D eigenvalue weighted by Gasteiger charge is 2.25. The van der Waals surface area contributed by atoms with Crippen molar-refractivity contribution in [2.75, 3.05) is 11.1 Å². The number of sulfone groups is 1. The number of nitrogens with one attached hydrogen (secondary N) is 1. The van der Waals surface area contributed by atoms with Crippen LogP contribution in [-0.2, 0) is 14.6 Å². The van der Waals surface area contributed by atoms with Crippen LogP contribution in [0.4, 0.5) is 5.69 Å². The Morgan fingerprint density at radius 2 is 1.88 bits per heavy atom. The van der Waals surface area contributed by atoms with Crippen LogP contribution >= 0.6 is 11.6 Å².